The summed E-state index contributed by atoms with van der Waals surface area (Å²) in [7, 11) is 1.58. The fraction of sp³-hybridized carbons (Fsp3) is 0.150. The quantitative estimate of drug-likeness (QED) is 0.647. The molecule has 3 aromatic rings. The third-order valence-corrected chi connectivity index (χ3v) is 3.77. The number of methoxy groups -OCH3 is 1. The van der Waals surface area contributed by atoms with Crippen molar-refractivity contribution in [1.82, 2.24) is 10.3 Å². The third kappa shape index (κ3) is 4.72. The molecule has 0 aliphatic rings. The lowest BCUT2D eigenvalue weighted by atomic mass is 10.2. The number of carbonyl (C=O) groups excluding carboxylic acids is 2. The minimum absolute atomic E-state index is 0.0129. The molecule has 0 aliphatic carbocycles. The number of hydrogen-bond donors (Lipinski definition) is 1. The van der Waals surface area contributed by atoms with Crippen molar-refractivity contribution < 1.29 is 23.5 Å². The maximum absolute atomic E-state index is 12.7. The first-order chi connectivity index (χ1) is 13.2. The summed E-state index contributed by atoms with van der Waals surface area (Å²) in [6, 6.07) is 15.4. The van der Waals surface area contributed by atoms with Crippen LogP contribution in [0.4, 0.5) is 0 Å². The highest BCUT2D eigenvalue weighted by Gasteiger charge is 2.27. The number of pyridine rings is 1. The van der Waals surface area contributed by atoms with Crippen molar-refractivity contribution in [3.63, 3.8) is 0 Å². The van der Waals surface area contributed by atoms with Crippen LogP contribution in [-0.4, -0.2) is 24.0 Å². The van der Waals surface area contributed by atoms with Gasteiger partial charge in [0.05, 0.1) is 19.1 Å². The van der Waals surface area contributed by atoms with E-state index in [2.05, 4.69) is 10.3 Å². The van der Waals surface area contributed by atoms with Crippen molar-refractivity contribution in [2.75, 3.05) is 7.11 Å². The summed E-state index contributed by atoms with van der Waals surface area (Å²) in [4.78, 5) is 29.0. The molecule has 0 aliphatic heterocycles. The summed E-state index contributed by atoms with van der Waals surface area (Å²) in [5.41, 5.74) is 1.20. The van der Waals surface area contributed by atoms with Crippen LogP contribution in [0.25, 0.3) is 0 Å². The van der Waals surface area contributed by atoms with Gasteiger partial charge in [0, 0.05) is 12.7 Å². The van der Waals surface area contributed by atoms with Gasteiger partial charge in [-0.15, -0.1) is 0 Å². The Kier molecular flexibility index (Phi) is 5.84. The molecule has 0 fully saturated rings. The van der Waals surface area contributed by atoms with Crippen LogP contribution >= 0.6 is 0 Å². The van der Waals surface area contributed by atoms with Gasteiger partial charge in [-0.25, -0.2) is 4.79 Å². The van der Waals surface area contributed by atoms with E-state index in [1.807, 2.05) is 12.1 Å². The van der Waals surface area contributed by atoms with Gasteiger partial charge in [0.1, 0.15) is 5.75 Å². The fourth-order valence-corrected chi connectivity index (χ4v) is 2.36. The number of hydrogen-bond acceptors (Lipinski definition) is 6. The van der Waals surface area contributed by atoms with Gasteiger partial charge in [-0.1, -0.05) is 18.2 Å². The predicted octanol–water partition coefficient (Wildman–Crippen LogP) is 2.90. The van der Waals surface area contributed by atoms with Gasteiger partial charge < -0.3 is 19.2 Å². The molecule has 0 saturated heterocycles. The molecule has 1 aromatic carbocycles. The van der Waals surface area contributed by atoms with Crippen LogP contribution in [0.3, 0.4) is 0 Å². The van der Waals surface area contributed by atoms with Gasteiger partial charge >= 0.3 is 5.97 Å². The molecule has 1 atom stereocenters. The molecular weight excluding hydrogens is 348 g/mol. The standard InChI is InChI=1S/C20H18N2O5/c1-25-15-9-7-14(8-10-15)13-22-19(23)18(16-5-2-3-11-21-16)27-20(24)17-6-4-12-26-17/h2-12,18H,13H2,1H3,(H,22,23)/t18-/m0/s1. The molecule has 138 valence electrons. The Morgan fingerprint density at radius 1 is 1.11 bits per heavy atom. The van der Waals surface area contributed by atoms with Gasteiger partial charge in [-0.3, -0.25) is 9.78 Å². The van der Waals surface area contributed by atoms with Crippen molar-refractivity contribution in [3.05, 3.63) is 84.1 Å². The molecule has 0 spiro atoms. The summed E-state index contributed by atoms with van der Waals surface area (Å²) in [6.45, 7) is 0.268. The first-order valence-electron chi connectivity index (χ1n) is 8.23. The molecule has 2 aromatic heterocycles. The molecule has 3 rings (SSSR count). The number of nitrogens with zero attached hydrogens (tertiary/aromatic N) is 1. The summed E-state index contributed by atoms with van der Waals surface area (Å²) in [5, 5.41) is 2.76. The summed E-state index contributed by atoms with van der Waals surface area (Å²) in [5.74, 6) is -0.484. The van der Waals surface area contributed by atoms with Gasteiger partial charge in [0.2, 0.25) is 11.9 Å². The highest BCUT2D eigenvalue weighted by atomic mass is 16.6. The van der Waals surface area contributed by atoms with Crippen LogP contribution in [0.2, 0.25) is 0 Å². The van der Waals surface area contributed by atoms with E-state index in [0.717, 1.165) is 11.3 Å². The van der Waals surface area contributed by atoms with Crippen LogP contribution in [0.1, 0.15) is 27.9 Å². The van der Waals surface area contributed by atoms with Crippen molar-refractivity contribution in [3.8, 4) is 5.75 Å². The fourth-order valence-electron chi connectivity index (χ4n) is 2.36. The number of rotatable bonds is 7. The second-order valence-electron chi connectivity index (χ2n) is 5.58. The Morgan fingerprint density at radius 2 is 1.93 bits per heavy atom. The number of ether oxygens (including phenoxy) is 2. The number of carbonyl (C=O) groups is 2. The molecule has 0 saturated carbocycles. The average Bonchev–Trinajstić information content (AvgIpc) is 3.26. The number of furan rings is 1. The van der Waals surface area contributed by atoms with Crippen molar-refractivity contribution in [2.45, 2.75) is 12.6 Å². The lowest BCUT2D eigenvalue weighted by Crippen LogP contribution is -2.32. The second kappa shape index (κ2) is 8.66. The molecule has 2 heterocycles. The predicted molar refractivity (Wildman–Crippen MR) is 95.9 cm³/mol. The summed E-state index contributed by atoms with van der Waals surface area (Å²) >= 11 is 0. The molecule has 0 radical (unpaired) electrons. The van der Waals surface area contributed by atoms with Crippen molar-refractivity contribution in [2.24, 2.45) is 0 Å². The molecule has 7 nitrogen and oxygen atoms in total. The van der Waals surface area contributed by atoms with Gasteiger partial charge in [-0.2, -0.15) is 0 Å². The van der Waals surface area contributed by atoms with E-state index in [1.54, 1.807) is 43.5 Å². The Bertz CT molecular complexity index is 877. The van der Waals surface area contributed by atoms with Crippen LogP contribution in [0.15, 0.2) is 71.5 Å². The first-order valence-corrected chi connectivity index (χ1v) is 8.23. The Labute approximate surface area is 155 Å². The highest BCUT2D eigenvalue weighted by molar-refractivity contribution is 5.90. The third-order valence-electron chi connectivity index (χ3n) is 3.77. The molecule has 1 amide bonds. The zero-order valence-electron chi connectivity index (χ0n) is 14.6. The van der Waals surface area contributed by atoms with E-state index < -0.39 is 18.0 Å². The van der Waals surface area contributed by atoms with Crippen molar-refractivity contribution in [1.29, 1.82) is 0 Å². The van der Waals surface area contributed by atoms with Crippen LogP contribution < -0.4 is 10.1 Å². The molecule has 1 N–H and O–H groups in total. The number of benzene rings is 1. The monoisotopic (exact) mass is 366 g/mol. The van der Waals surface area contributed by atoms with E-state index >= 15 is 0 Å². The number of aromatic nitrogens is 1. The molecule has 0 bridgehead atoms. The van der Waals surface area contributed by atoms with E-state index in [4.69, 9.17) is 13.9 Å². The van der Waals surface area contributed by atoms with E-state index in [0.29, 0.717) is 5.69 Å². The van der Waals surface area contributed by atoms with E-state index in [1.165, 1.54) is 18.5 Å². The molecular formula is C20H18N2O5. The topological polar surface area (TPSA) is 90.7 Å². The zero-order chi connectivity index (χ0) is 19.1. The van der Waals surface area contributed by atoms with Gasteiger partial charge in [0.25, 0.3) is 5.91 Å². The van der Waals surface area contributed by atoms with Crippen LogP contribution in [0.5, 0.6) is 5.75 Å². The molecule has 7 heteroatoms. The number of nitrogens with one attached hydrogen (secondary N) is 1. The van der Waals surface area contributed by atoms with Crippen molar-refractivity contribution >= 4 is 11.9 Å². The Hall–Kier alpha value is -3.61. The van der Waals surface area contributed by atoms with E-state index in [-0.39, 0.29) is 12.3 Å². The summed E-state index contributed by atoms with van der Waals surface area (Å²) in [6.07, 6.45) is 1.69. The minimum atomic E-state index is -1.19. The first kappa shape index (κ1) is 18.2. The SMILES string of the molecule is COc1ccc(CNC(=O)[C@@H](OC(=O)c2ccco2)c2ccccn2)cc1. The second-order valence-corrected chi connectivity index (χ2v) is 5.58. The minimum Gasteiger partial charge on any atom is -0.497 e. The average molecular weight is 366 g/mol. The maximum Gasteiger partial charge on any atom is 0.375 e. The van der Waals surface area contributed by atoms with Gasteiger partial charge in [0.15, 0.2) is 0 Å². The highest BCUT2D eigenvalue weighted by Crippen LogP contribution is 2.18. The Balaban J connectivity index is 1.71. The van der Waals surface area contributed by atoms with Gasteiger partial charge in [-0.05, 0) is 42.0 Å². The van der Waals surface area contributed by atoms with Crippen LogP contribution in [0, 0.1) is 0 Å². The largest absolute Gasteiger partial charge is 0.497 e. The normalized spacial score (nSPS) is 11.4. The zero-order valence-corrected chi connectivity index (χ0v) is 14.6. The summed E-state index contributed by atoms with van der Waals surface area (Å²) < 4.78 is 15.5. The Morgan fingerprint density at radius 3 is 2.56 bits per heavy atom. The maximum atomic E-state index is 12.7. The smallest absolute Gasteiger partial charge is 0.375 e. The lowest BCUT2D eigenvalue weighted by Gasteiger charge is -2.16. The molecule has 0 unspecified atom stereocenters. The lowest BCUT2D eigenvalue weighted by molar-refractivity contribution is -0.130. The molecule has 27 heavy (non-hydrogen) atoms. The van der Waals surface area contributed by atoms with Crippen LogP contribution in [-0.2, 0) is 16.1 Å². The number of amides is 1. The number of esters is 1. The van der Waals surface area contributed by atoms with E-state index in [9.17, 15) is 9.59 Å².